The van der Waals surface area contributed by atoms with E-state index in [2.05, 4.69) is 24.3 Å². The molecular weight excluding hydrogens is 184 g/mol. The van der Waals surface area contributed by atoms with Crippen LogP contribution in [0.15, 0.2) is 36.4 Å². The van der Waals surface area contributed by atoms with Gasteiger partial charge in [-0.2, -0.15) is 0 Å². The fourth-order valence-electron chi connectivity index (χ4n) is 2.06. The van der Waals surface area contributed by atoms with Gasteiger partial charge in [-0.15, -0.1) is 0 Å². The lowest BCUT2D eigenvalue weighted by atomic mass is 9.89. The standard InChI is InChI=1S/C14H16O/c1-11(15)12-7-9-14(10-8-12)13-5-3-2-4-6-13/h3,5,7-10,13H,2,4,6H2,1H3. The Morgan fingerprint density at radius 2 is 2.00 bits per heavy atom. The van der Waals surface area contributed by atoms with Gasteiger partial charge in [-0.05, 0) is 31.7 Å². The van der Waals surface area contributed by atoms with E-state index in [-0.39, 0.29) is 5.78 Å². The van der Waals surface area contributed by atoms with Gasteiger partial charge >= 0.3 is 0 Å². The molecule has 0 fully saturated rings. The molecule has 0 heterocycles. The average Bonchev–Trinajstić information content (AvgIpc) is 2.30. The van der Waals surface area contributed by atoms with Crippen LogP contribution in [0.1, 0.15) is 48.0 Å². The summed E-state index contributed by atoms with van der Waals surface area (Å²) in [5.74, 6) is 0.695. The number of rotatable bonds is 2. The van der Waals surface area contributed by atoms with Crippen molar-refractivity contribution in [2.45, 2.75) is 32.1 Å². The van der Waals surface area contributed by atoms with Crippen molar-refractivity contribution in [2.24, 2.45) is 0 Å². The Hall–Kier alpha value is -1.37. The summed E-state index contributed by atoms with van der Waals surface area (Å²) in [7, 11) is 0. The zero-order valence-corrected chi connectivity index (χ0v) is 9.07. The predicted molar refractivity (Wildman–Crippen MR) is 62.2 cm³/mol. The molecule has 0 radical (unpaired) electrons. The first-order chi connectivity index (χ1) is 7.27. The van der Waals surface area contributed by atoms with Crippen LogP contribution in [0.25, 0.3) is 0 Å². The molecule has 78 valence electrons. The Bertz CT molecular complexity index is 373. The third-order valence-corrected chi connectivity index (χ3v) is 3.00. The molecular formula is C14H16O. The van der Waals surface area contributed by atoms with E-state index in [0.29, 0.717) is 5.92 Å². The molecule has 0 saturated carbocycles. The highest BCUT2D eigenvalue weighted by Crippen LogP contribution is 2.27. The first-order valence-electron chi connectivity index (χ1n) is 5.55. The number of carbonyl (C=O) groups excluding carboxylic acids is 1. The maximum Gasteiger partial charge on any atom is 0.159 e. The van der Waals surface area contributed by atoms with Gasteiger partial charge < -0.3 is 0 Å². The van der Waals surface area contributed by atoms with Crippen molar-refractivity contribution < 1.29 is 4.79 Å². The van der Waals surface area contributed by atoms with Gasteiger partial charge in [0, 0.05) is 11.5 Å². The largest absolute Gasteiger partial charge is 0.295 e. The van der Waals surface area contributed by atoms with Gasteiger partial charge in [-0.25, -0.2) is 0 Å². The van der Waals surface area contributed by atoms with Gasteiger partial charge in [-0.3, -0.25) is 4.79 Å². The lowest BCUT2D eigenvalue weighted by Crippen LogP contribution is -2.00. The Balaban J connectivity index is 2.19. The van der Waals surface area contributed by atoms with Crippen LogP contribution in [0.5, 0.6) is 0 Å². The van der Waals surface area contributed by atoms with E-state index in [1.165, 1.54) is 24.8 Å². The molecule has 15 heavy (non-hydrogen) atoms. The molecule has 1 aromatic carbocycles. The molecule has 1 heteroatoms. The molecule has 1 nitrogen and oxygen atoms in total. The highest BCUT2D eigenvalue weighted by molar-refractivity contribution is 5.94. The minimum Gasteiger partial charge on any atom is -0.295 e. The highest BCUT2D eigenvalue weighted by atomic mass is 16.1. The van der Waals surface area contributed by atoms with Crippen LogP contribution in [0, 0.1) is 0 Å². The second kappa shape index (κ2) is 4.43. The van der Waals surface area contributed by atoms with Crippen LogP contribution in [-0.4, -0.2) is 5.78 Å². The first kappa shape index (κ1) is 10.2. The average molecular weight is 200 g/mol. The fraction of sp³-hybridized carbons (Fsp3) is 0.357. The lowest BCUT2D eigenvalue weighted by Gasteiger charge is -2.16. The number of benzene rings is 1. The van der Waals surface area contributed by atoms with Crippen molar-refractivity contribution in [1.29, 1.82) is 0 Å². The molecule has 1 atom stereocenters. The van der Waals surface area contributed by atoms with Gasteiger partial charge in [0.2, 0.25) is 0 Å². The monoisotopic (exact) mass is 200 g/mol. The summed E-state index contributed by atoms with van der Waals surface area (Å²) in [6.45, 7) is 1.61. The zero-order chi connectivity index (χ0) is 10.7. The molecule has 1 aromatic rings. The summed E-state index contributed by atoms with van der Waals surface area (Å²) in [5, 5.41) is 0. The van der Waals surface area contributed by atoms with Crippen LogP contribution in [0.3, 0.4) is 0 Å². The molecule has 0 aromatic heterocycles. The predicted octanol–water partition coefficient (Wildman–Crippen LogP) is 3.71. The van der Waals surface area contributed by atoms with Gasteiger partial charge in [0.05, 0.1) is 0 Å². The van der Waals surface area contributed by atoms with E-state index in [1.54, 1.807) is 6.92 Å². The normalized spacial score (nSPS) is 20.2. The van der Waals surface area contributed by atoms with Crippen molar-refractivity contribution in [3.8, 4) is 0 Å². The molecule has 0 bridgehead atoms. The zero-order valence-electron chi connectivity index (χ0n) is 9.07. The van der Waals surface area contributed by atoms with E-state index in [9.17, 15) is 4.79 Å². The van der Waals surface area contributed by atoms with Crippen molar-refractivity contribution in [3.63, 3.8) is 0 Å². The number of allylic oxidation sites excluding steroid dienone is 2. The van der Waals surface area contributed by atoms with Gasteiger partial charge in [0.15, 0.2) is 5.78 Å². The topological polar surface area (TPSA) is 17.1 Å². The first-order valence-corrected chi connectivity index (χ1v) is 5.55. The van der Waals surface area contributed by atoms with E-state index < -0.39 is 0 Å². The van der Waals surface area contributed by atoms with Crippen LogP contribution in [0.2, 0.25) is 0 Å². The second-order valence-electron chi connectivity index (χ2n) is 4.14. The van der Waals surface area contributed by atoms with E-state index in [0.717, 1.165) is 5.56 Å². The maximum atomic E-state index is 11.1. The maximum absolute atomic E-state index is 11.1. The summed E-state index contributed by atoms with van der Waals surface area (Å²) < 4.78 is 0. The van der Waals surface area contributed by atoms with Crippen molar-refractivity contribution in [1.82, 2.24) is 0 Å². The van der Waals surface area contributed by atoms with Crippen LogP contribution in [-0.2, 0) is 0 Å². The molecule has 0 saturated heterocycles. The smallest absolute Gasteiger partial charge is 0.159 e. The molecule has 0 N–H and O–H groups in total. The number of carbonyl (C=O) groups is 1. The molecule has 0 aliphatic heterocycles. The number of hydrogen-bond donors (Lipinski definition) is 0. The molecule has 0 amide bonds. The summed E-state index contributed by atoms with van der Waals surface area (Å²) in [4.78, 5) is 11.1. The number of Topliss-reactive ketones (excluding diaryl/α,β-unsaturated/α-hetero) is 1. The minimum atomic E-state index is 0.140. The quantitative estimate of drug-likeness (QED) is 0.525. The Kier molecular flexibility index (Phi) is 3.00. The Morgan fingerprint density at radius 1 is 1.27 bits per heavy atom. The van der Waals surface area contributed by atoms with Gasteiger partial charge in [-0.1, -0.05) is 36.4 Å². The van der Waals surface area contributed by atoms with E-state index in [1.807, 2.05) is 12.1 Å². The van der Waals surface area contributed by atoms with Crippen molar-refractivity contribution in [3.05, 3.63) is 47.5 Å². The molecule has 2 rings (SSSR count). The Labute approximate surface area is 90.8 Å². The SMILES string of the molecule is CC(=O)c1ccc(C2C=CCCC2)cc1. The number of hydrogen-bond acceptors (Lipinski definition) is 1. The summed E-state index contributed by atoms with van der Waals surface area (Å²) in [6, 6.07) is 8.02. The summed E-state index contributed by atoms with van der Waals surface area (Å²) in [6.07, 6.45) is 8.26. The summed E-state index contributed by atoms with van der Waals surface area (Å²) in [5.41, 5.74) is 2.13. The van der Waals surface area contributed by atoms with E-state index >= 15 is 0 Å². The lowest BCUT2D eigenvalue weighted by molar-refractivity contribution is 0.101. The third kappa shape index (κ3) is 2.35. The van der Waals surface area contributed by atoms with Gasteiger partial charge in [0.1, 0.15) is 0 Å². The van der Waals surface area contributed by atoms with Crippen LogP contribution >= 0.6 is 0 Å². The summed E-state index contributed by atoms with van der Waals surface area (Å²) >= 11 is 0. The molecule has 0 spiro atoms. The van der Waals surface area contributed by atoms with Crippen LogP contribution in [0.4, 0.5) is 0 Å². The van der Waals surface area contributed by atoms with Crippen molar-refractivity contribution in [2.75, 3.05) is 0 Å². The fourth-order valence-corrected chi connectivity index (χ4v) is 2.06. The van der Waals surface area contributed by atoms with Crippen molar-refractivity contribution >= 4 is 5.78 Å². The molecule has 1 aliphatic carbocycles. The molecule has 1 unspecified atom stereocenters. The second-order valence-corrected chi connectivity index (χ2v) is 4.14. The van der Waals surface area contributed by atoms with E-state index in [4.69, 9.17) is 0 Å². The third-order valence-electron chi connectivity index (χ3n) is 3.00. The van der Waals surface area contributed by atoms with Crippen LogP contribution < -0.4 is 0 Å². The minimum absolute atomic E-state index is 0.140. The Morgan fingerprint density at radius 3 is 2.53 bits per heavy atom. The molecule has 1 aliphatic rings. The highest BCUT2D eigenvalue weighted by Gasteiger charge is 2.10. The van der Waals surface area contributed by atoms with Gasteiger partial charge in [0.25, 0.3) is 0 Å². The number of ketones is 1.